The summed E-state index contributed by atoms with van der Waals surface area (Å²) in [5, 5.41) is 1.21. The Kier molecular flexibility index (Phi) is 4.57. The van der Waals surface area contributed by atoms with Crippen LogP contribution in [0.15, 0.2) is 24.5 Å². The maximum atomic E-state index is 13.0. The van der Waals surface area contributed by atoms with E-state index in [1.807, 2.05) is 17.2 Å². The van der Waals surface area contributed by atoms with E-state index >= 15 is 0 Å². The minimum atomic E-state index is 0.0945. The Bertz CT molecular complexity index is 872. The second kappa shape index (κ2) is 7.22. The number of aromatic amines is 1. The van der Waals surface area contributed by atoms with Crippen LogP contribution in [0.5, 0.6) is 0 Å². The van der Waals surface area contributed by atoms with E-state index in [0.717, 1.165) is 70.4 Å². The van der Waals surface area contributed by atoms with Crippen molar-refractivity contribution >= 4 is 22.8 Å². The number of nitrogens with one attached hydrogen (secondary N) is 1. The maximum absolute atomic E-state index is 13.0. The Balaban J connectivity index is 1.16. The van der Waals surface area contributed by atoms with Gasteiger partial charge in [-0.1, -0.05) is 0 Å². The van der Waals surface area contributed by atoms with Gasteiger partial charge in [-0.25, -0.2) is 4.98 Å². The Morgan fingerprint density at radius 3 is 2.14 bits per heavy atom. The van der Waals surface area contributed by atoms with E-state index in [1.54, 1.807) is 0 Å². The van der Waals surface area contributed by atoms with Crippen molar-refractivity contribution in [1.82, 2.24) is 19.8 Å². The van der Waals surface area contributed by atoms with Crippen LogP contribution >= 0.6 is 0 Å². The first kappa shape index (κ1) is 17.7. The lowest BCUT2D eigenvalue weighted by Gasteiger charge is -2.37. The summed E-state index contributed by atoms with van der Waals surface area (Å²) in [6.07, 6.45) is 9.67. The standard InChI is InChI=1S/C22H28N4O2/c27-21(16-3-4-16)26-12-7-17(8-13-26)22(28)25-10-5-15(6-11-25)19-14-24-20-18(19)2-1-9-23-20/h1-2,9,14-17H,3-8,10-13H2,(H,23,24). The van der Waals surface area contributed by atoms with E-state index in [1.165, 1.54) is 10.9 Å². The highest BCUT2D eigenvalue weighted by atomic mass is 16.2. The quantitative estimate of drug-likeness (QED) is 0.890. The molecule has 6 nitrogen and oxygen atoms in total. The van der Waals surface area contributed by atoms with Crippen LogP contribution in [0.2, 0.25) is 0 Å². The number of aromatic nitrogens is 2. The molecule has 148 valence electrons. The van der Waals surface area contributed by atoms with Crippen LogP contribution in [0.4, 0.5) is 0 Å². The van der Waals surface area contributed by atoms with Crippen molar-refractivity contribution in [3.8, 4) is 0 Å². The number of carbonyl (C=O) groups is 2. The van der Waals surface area contributed by atoms with Crippen LogP contribution in [0, 0.1) is 11.8 Å². The number of hydrogen-bond acceptors (Lipinski definition) is 3. The molecule has 1 aliphatic carbocycles. The lowest BCUT2D eigenvalue weighted by molar-refractivity contribution is -0.142. The lowest BCUT2D eigenvalue weighted by atomic mass is 9.88. The van der Waals surface area contributed by atoms with E-state index in [0.29, 0.717) is 17.7 Å². The highest BCUT2D eigenvalue weighted by Crippen LogP contribution is 2.35. The number of hydrogen-bond donors (Lipinski definition) is 1. The van der Waals surface area contributed by atoms with Crippen molar-refractivity contribution < 1.29 is 9.59 Å². The predicted octanol–water partition coefficient (Wildman–Crippen LogP) is 2.92. The molecule has 6 heteroatoms. The number of piperidine rings is 2. The molecule has 28 heavy (non-hydrogen) atoms. The van der Waals surface area contributed by atoms with Gasteiger partial charge in [-0.3, -0.25) is 9.59 Å². The molecule has 5 rings (SSSR count). The molecule has 4 heterocycles. The molecule has 1 N–H and O–H groups in total. The average Bonchev–Trinajstić information content (AvgIpc) is 3.52. The summed E-state index contributed by atoms with van der Waals surface area (Å²) in [5.41, 5.74) is 2.28. The number of nitrogens with zero attached hydrogens (tertiary/aromatic N) is 3. The summed E-state index contributed by atoms with van der Waals surface area (Å²) in [5.74, 6) is 1.49. The van der Waals surface area contributed by atoms with Crippen molar-refractivity contribution in [2.75, 3.05) is 26.2 Å². The van der Waals surface area contributed by atoms with Gasteiger partial charge in [-0.05, 0) is 62.1 Å². The molecule has 0 unspecified atom stereocenters. The van der Waals surface area contributed by atoms with Gasteiger partial charge in [0.15, 0.2) is 0 Å². The number of pyridine rings is 1. The van der Waals surface area contributed by atoms with Crippen molar-refractivity contribution in [2.24, 2.45) is 11.8 Å². The zero-order valence-corrected chi connectivity index (χ0v) is 16.3. The number of amides is 2. The molecular weight excluding hydrogens is 352 g/mol. The zero-order valence-electron chi connectivity index (χ0n) is 16.3. The van der Waals surface area contributed by atoms with Gasteiger partial charge in [0.2, 0.25) is 11.8 Å². The molecule has 2 amide bonds. The van der Waals surface area contributed by atoms with Gasteiger partial charge in [0, 0.05) is 55.8 Å². The first-order valence-corrected chi connectivity index (χ1v) is 10.7. The SMILES string of the molecule is O=C(C1CC1)N1CCC(C(=O)N2CCC(c3c[nH]c4ncccc34)CC2)CC1. The summed E-state index contributed by atoms with van der Waals surface area (Å²) in [6.45, 7) is 3.17. The van der Waals surface area contributed by atoms with Gasteiger partial charge < -0.3 is 14.8 Å². The first-order valence-electron chi connectivity index (χ1n) is 10.7. The van der Waals surface area contributed by atoms with Crippen molar-refractivity contribution in [3.05, 3.63) is 30.1 Å². The van der Waals surface area contributed by atoms with Crippen molar-refractivity contribution in [3.63, 3.8) is 0 Å². The molecule has 3 aliphatic rings. The van der Waals surface area contributed by atoms with Crippen LogP contribution in [-0.4, -0.2) is 57.8 Å². The third kappa shape index (κ3) is 3.29. The third-order valence-corrected chi connectivity index (χ3v) is 6.81. The molecule has 2 saturated heterocycles. The monoisotopic (exact) mass is 380 g/mol. The molecule has 0 radical (unpaired) electrons. The molecule has 2 aromatic heterocycles. The van der Waals surface area contributed by atoms with Gasteiger partial charge in [0.1, 0.15) is 5.65 Å². The molecular formula is C22H28N4O2. The second-order valence-corrected chi connectivity index (χ2v) is 8.62. The fourth-order valence-corrected chi connectivity index (χ4v) is 4.92. The fourth-order valence-electron chi connectivity index (χ4n) is 4.92. The summed E-state index contributed by atoms with van der Waals surface area (Å²) in [4.78, 5) is 36.9. The van der Waals surface area contributed by atoms with Gasteiger partial charge in [0.05, 0.1) is 0 Å². The Morgan fingerprint density at radius 1 is 0.893 bits per heavy atom. The molecule has 2 aliphatic heterocycles. The molecule has 0 aromatic carbocycles. The van der Waals surface area contributed by atoms with Gasteiger partial charge in [0.25, 0.3) is 0 Å². The van der Waals surface area contributed by atoms with E-state index in [2.05, 4.69) is 27.1 Å². The number of carbonyl (C=O) groups excluding carboxylic acids is 2. The fraction of sp³-hybridized carbons (Fsp3) is 0.591. The summed E-state index contributed by atoms with van der Waals surface area (Å²) >= 11 is 0. The van der Waals surface area contributed by atoms with E-state index in [9.17, 15) is 9.59 Å². The third-order valence-electron chi connectivity index (χ3n) is 6.81. The predicted molar refractivity (Wildman–Crippen MR) is 107 cm³/mol. The molecule has 0 spiro atoms. The molecule has 0 bridgehead atoms. The first-order chi connectivity index (χ1) is 13.7. The van der Waals surface area contributed by atoms with E-state index in [-0.39, 0.29) is 11.8 Å². The minimum Gasteiger partial charge on any atom is -0.346 e. The second-order valence-electron chi connectivity index (χ2n) is 8.62. The Labute approximate surface area is 165 Å². The van der Waals surface area contributed by atoms with Crippen molar-refractivity contribution in [2.45, 2.75) is 44.4 Å². The maximum Gasteiger partial charge on any atom is 0.225 e. The van der Waals surface area contributed by atoms with Crippen LogP contribution in [0.3, 0.4) is 0 Å². The molecule has 1 saturated carbocycles. The smallest absolute Gasteiger partial charge is 0.225 e. The highest BCUT2D eigenvalue weighted by molar-refractivity contribution is 5.83. The van der Waals surface area contributed by atoms with E-state index < -0.39 is 0 Å². The number of fused-ring (bicyclic) bond motifs is 1. The minimum absolute atomic E-state index is 0.0945. The number of rotatable bonds is 3. The summed E-state index contributed by atoms with van der Waals surface area (Å²) in [7, 11) is 0. The van der Waals surface area contributed by atoms with Crippen LogP contribution in [-0.2, 0) is 9.59 Å². The highest BCUT2D eigenvalue weighted by Gasteiger charge is 2.37. The molecule has 3 fully saturated rings. The van der Waals surface area contributed by atoms with Crippen LogP contribution in [0.25, 0.3) is 11.0 Å². The largest absolute Gasteiger partial charge is 0.346 e. The topological polar surface area (TPSA) is 69.3 Å². The zero-order chi connectivity index (χ0) is 19.1. The Hall–Kier alpha value is -2.37. The molecule has 0 atom stereocenters. The van der Waals surface area contributed by atoms with Crippen molar-refractivity contribution in [1.29, 1.82) is 0 Å². The average molecular weight is 380 g/mol. The van der Waals surface area contributed by atoms with Crippen LogP contribution in [0.1, 0.15) is 50.0 Å². The van der Waals surface area contributed by atoms with Gasteiger partial charge in [-0.15, -0.1) is 0 Å². The molecule has 2 aromatic rings. The lowest BCUT2D eigenvalue weighted by Crippen LogP contribution is -2.46. The number of likely N-dealkylation sites (tertiary alicyclic amines) is 2. The normalized spacial score (nSPS) is 22.0. The van der Waals surface area contributed by atoms with Gasteiger partial charge in [-0.2, -0.15) is 0 Å². The summed E-state index contributed by atoms with van der Waals surface area (Å²) in [6, 6.07) is 4.11. The van der Waals surface area contributed by atoms with Gasteiger partial charge >= 0.3 is 0 Å². The van der Waals surface area contributed by atoms with E-state index in [4.69, 9.17) is 0 Å². The summed E-state index contributed by atoms with van der Waals surface area (Å²) < 4.78 is 0. The van der Waals surface area contributed by atoms with Crippen LogP contribution < -0.4 is 0 Å². The Morgan fingerprint density at radius 2 is 1.50 bits per heavy atom. The number of H-pyrrole nitrogens is 1.